The standard InChI is InChI=1S/C29H28ClF2N7O2S/c1-3-20(40)39-10-8-29(39)13-38(14-29)26-17-11-18(30)21(16-6-7-19(31)25-24(16)34-27(33)42-25)22(32)23(17)35-28(36-26)41-12-15-5-4-9-37(15)2/h3,6-7,11,15H,1,4-5,8-10,12-14H2,2H3,(H2,33,34)/t15-/m0/s1. The Bertz CT molecular complexity index is 1780. The molecular weight excluding hydrogens is 584 g/mol. The number of carbonyl (C=O) groups excluding carboxylic acids is 1. The molecule has 2 aromatic heterocycles. The van der Waals surface area contributed by atoms with Gasteiger partial charge in [-0.05, 0) is 57.1 Å². The first kappa shape index (κ1) is 27.2. The smallest absolute Gasteiger partial charge is 0.319 e. The maximum absolute atomic E-state index is 16.6. The minimum atomic E-state index is -0.689. The van der Waals surface area contributed by atoms with Gasteiger partial charge in [-0.2, -0.15) is 9.97 Å². The molecule has 0 bridgehead atoms. The van der Waals surface area contributed by atoms with Crippen molar-refractivity contribution in [3.05, 3.63) is 47.5 Å². The third-order valence-corrected chi connectivity index (χ3v) is 9.97. The average Bonchev–Trinajstić information content (AvgIpc) is 3.53. The third-order valence-electron chi connectivity index (χ3n) is 8.78. The Balaban J connectivity index is 1.33. The lowest BCUT2D eigenvalue weighted by atomic mass is 9.77. The van der Waals surface area contributed by atoms with E-state index in [0.29, 0.717) is 43.0 Å². The predicted molar refractivity (Wildman–Crippen MR) is 160 cm³/mol. The van der Waals surface area contributed by atoms with Gasteiger partial charge in [0.15, 0.2) is 10.9 Å². The number of carbonyl (C=O) groups is 1. The lowest BCUT2D eigenvalue weighted by Crippen LogP contribution is -2.78. The molecular formula is C29H28ClF2N7O2S. The van der Waals surface area contributed by atoms with Crippen LogP contribution in [0, 0.1) is 11.6 Å². The number of thiazole rings is 1. The predicted octanol–water partition coefficient (Wildman–Crippen LogP) is 4.87. The number of aromatic nitrogens is 3. The topological polar surface area (TPSA) is 101 Å². The van der Waals surface area contributed by atoms with Crippen LogP contribution in [0.2, 0.25) is 5.02 Å². The number of halogens is 3. The molecule has 9 nitrogen and oxygen atoms in total. The van der Waals surface area contributed by atoms with Gasteiger partial charge in [0.2, 0.25) is 5.91 Å². The molecule has 42 heavy (non-hydrogen) atoms. The van der Waals surface area contributed by atoms with Gasteiger partial charge in [-0.25, -0.2) is 13.8 Å². The number of nitrogens with two attached hydrogens (primary N) is 1. The van der Waals surface area contributed by atoms with Gasteiger partial charge >= 0.3 is 6.01 Å². The van der Waals surface area contributed by atoms with Crippen molar-refractivity contribution in [2.24, 2.45) is 0 Å². The van der Waals surface area contributed by atoms with Crippen molar-refractivity contribution >= 4 is 60.9 Å². The maximum atomic E-state index is 16.6. The Morgan fingerprint density at radius 1 is 1.26 bits per heavy atom. The van der Waals surface area contributed by atoms with Crippen LogP contribution in [0.15, 0.2) is 30.9 Å². The summed E-state index contributed by atoms with van der Waals surface area (Å²) in [6, 6.07) is 4.59. The second kappa shape index (κ2) is 9.99. The molecule has 1 spiro atoms. The lowest BCUT2D eigenvalue weighted by molar-refractivity contribution is -0.144. The Labute approximate surface area is 249 Å². The Morgan fingerprint density at radius 3 is 2.76 bits per heavy atom. The van der Waals surface area contributed by atoms with Crippen LogP contribution in [0.3, 0.4) is 0 Å². The van der Waals surface area contributed by atoms with Crippen LogP contribution in [0.25, 0.3) is 32.2 Å². The minimum Gasteiger partial charge on any atom is -0.462 e. The highest BCUT2D eigenvalue weighted by atomic mass is 35.5. The highest BCUT2D eigenvalue weighted by molar-refractivity contribution is 7.22. The lowest BCUT2D eigenvalue weighted by Gasteiger charge is -2.62. The summed E-state index contributed by atoms with van der Waals surface area (Å²) in [5.74, 6) is -0.812. The molecule has 1 atom stereocenters. The number of fused-ring (bicyclic) bond motifs is 2. The Hall–Kier alpha value is -3.61. The first-order valence-corrected chi connectivity index (χ1v) is 15.0. The molecule has 1 amide bonds. The molecule has 0 radical (unpaired) electrons. The number of ether oxygens (including phenoxy) is 1. The van der Waals surface area contributed by atoms with E-state index in [1.54, 1.807) is 6.07 Å². The molecule has 0 aliphatic carbocycles. The molecule has 3 fully saturated rings. The second-order valence-corrected chi connectivity index (χ2v) is 12.6. The van der Waals surface area contributed by atoms with Gasteiger partial charge in [0.25, 0.3) is 0 Å². The highest BCUT2D eigenvalue weighted by Crippen LogP contribution is 2.46. The number of likely N-dealkylation sites (N-methyl/N-ethyl adjacent to an activating group) is 1. The molecule has 2 N–H and O–H groups in total. The van der Waals surface area contributed by atoms with Crippen molar-refractivity contribution in [1.82, 2.24) is 24.8 Å². The summed E-state index contributed by atoms with van der Waals surface area (Å²) in [4.78, 5) is 31.9. The molecule has 4 aromatic rings. The third kappa shape index (κ3) is 4.18. The zero-order valence-corrected chi connectivity index (χ0v) is 24.4. The number of rotatable bonds is 6. The average molecular weight is 612 g/mol. The fourth-order valence-corrected chi connectivity index (χ4v) is 7.46. The van der Waals surface area contributed by atoms with Crippen molar-refractivity contribution in [3.63, 3.8) is 0 Å². The van der Waals surface area contributed by atoms with Gasteiger partial charge in [0, 0.05) is 42.2 Å². The Morgan fingerprint density at radius 2 is 2.07 bits per heavy atom. The van der Waals surface area contributed by atoms with E-state index in [1.807, 2.05) is 16.8 Å². The van der Waals surface area contributed by atoms with E-state index >= 15 is 4.39 Å². The SMILES string of the molecule is C=CC(=O)N1CCC12CN(c1nc(OC[C@@H]3CCCN3C)nc3c(F)c(-c4ccc(F)c5sc(N)nc45)c(Cl)cc13)C2. The van der Waals surface area contributed by atoms with Gasteiger partial charge in [0.05, 0.1) is 20.8 Å². The van der Waals surface area contributed by atoms with Crippen LogP contribution in [-0.4, -0.2) is 82.1 Å². The van der Waals surface area contributed by atoms with Gasteiger partial charge in [0.1, 0.15) is 23.8 Å². The van der Waals surface area contributed by atoms with E-state index in [-0.39, 0.29) is 54.9 Å². The largest absolute Gasteiger partial charge is 0.462 e. The number of benzene rings is 2. The summed E-state index contributed by atoms with van der Waals surface area (Å²) in [6.07, 6.45) is 4.26. The number of anilines is 2. The molecule has 3 aliphatic heterocycles. The molecule has 5 heterocycles. The molecule has 3 aliphatic rings. The monoisotopic (exact) mass is 611 g/mol. The van der Waals surface area contributed by atoms with Crippen LogP contribution >= 0.6 is 22.9 Å². The van der Waals surface area contributed by atoms with Crippen molar-refractivity contribution in [1.29, 1.82) is 0 Å². The molecule has 3 saturated heterocycles. The summed E-state index contributed by atoms with van der Waals surface area (Å²) < 4.78 is 37.4. The molecule has 2 aromatic carbocycles. The molecule has 7 rings (SSSR count). The summed E-state index contributed by atoms with van der Waals surface area (Å²) >= 11 is 7.73. The number of amides is 1. The first-order chi connectivity index (χ1) is 20.2. The van der Waals surface area contributed by atoms with E-state index in [2.05, 4.69) is 21.4 Å². The van der Waals surface area contributed by atoms with Gasteiger partial charge < -0.3 is 25.2 Å². The van der Waals surface area contributed by atoms with Gasteiger partial charge in [-0.1, -0.05) is 29.5 Å². The van der Waals surface area contributed by atoms with Crippen LogP contribution in [0.4, 0.5) is 19.7 Å². The van der Waals surface area contributed by atoms with Crippen LogP contribution in [0.1, 0.15) is 19.3 Å². The summed E-state index contributed by atoms with van der Waals surface area (Å²) in [5, 5.41) is 0.684. The first-order valence-electron chi connectivity index (χ1n) is 13.8. The number of hydrogen-bond donors (Lipinski definition) is 1. The van der Waals surface area contributed by atoms with Gasteiger partial charge in [-0.15, -0.1) is 0 Å². The number of hydrogen-bond acceptors (Lipinski definition) is 9. The second-order valence-electron chi connectivity index (χ2n) is 11.2. The van der Waals surface area contributed by atoms with E-state index in [9.17, 15) is 9.18 Å². The fourth-order valence-electron chi connectivity index (χ4n) is 6.40. The van der Waals surface area contributed by atoms with E-state index in [0.717, 1.165) is 37.1 Å². The highest BCUT2D eigenvalue weighted by Gasteiger charge is 2.55. The van der Waals surface area contributed by atoms with E-state index in [4.69, 9.17) is 27.1 Å². The van der Waals surface area contributed by atoms with Crippen molar-refractivity contribution < 1.29 is 18.3 Å². The molecule has 13 heteroatoms. The Kier molecular flexibility index (Phi) is 6.48. The maximum Gasteiger partial charge on any atom is 0.319 e. The van der Waals surface area contributed by atoms with Crippen LogP contribution in [-0.2, 0) is 4.79 Å². The van der Waals surface area contributed by atoms with E-state index in [1.165, 1.54) is 18.2 Å². The zero-order chi connectivity index (χ0) is 29.3. The molecule has 0 unspecified atom stereocenters. The summed E-state index contributed by atoms with van der Waals surface area (Å²) in [7, 11) is 2.05. The summed E-state index contributed by atoms with van der Waals surface area (Å²) in [5.41, 5.74) is 6.20. The number of likely N-dealkylation sites (tertiary alicyclic amines) is 2. The van der Waals surface area contributed by atoms with Crippen molar-refractivity contribution in [2.45, 2.75) is 30.8 Å². The summed E-state index contributed by atoms with van der Waals surface area (Å²) in [6.45, 7) is 6.70. The number of nitrogens with zero attached hydrogens (tertiary/aromatic N) is 6. The van der Waals surface area contributed by atoms with Crippen LogP contribution < -0.4 is 15.4 Å². The van der Waals surface area contributed by atoms with Crippen LogP contribution in [0.5, 0.6) is 6.01 Å². The zero-order valence-electron chi connectivity index (χ0n) is 22.9. The number of nitrogen functional groups attached to an aromatic ring is 1. The van der Waals surface area contributed by atoms with Crippen molar-refractivity contribution in [3.8, 4) is 17.1 Å². The van der Waals surface area contributed by atoms with Gasteiger partial charge in [-0.3, -0.25) is 4.79 Å². The normalized spacial score (nSPS) is 19.9. The quantitative estimate of drug-likeness (QED) is 0.308. The van der Waals surface area contributed by atoms with Crippen molar-refractivity contribution in [2.75, 3.05) is 50.5 Å². The molecule has 0 saturated carbocycles. The van der Waals surface area contributed by atoms with E-state index < -0.39 is 11.6 Å². The fraction of sp³-hybridized carbons (Fsp3) is 0.379. The minimum absolute atomic E-state index is 0.0310. The molecule has 218 valence electrons.